The van der Waals surface area contributed by atoms with Crippen molar-refractivity contribution >= 4 is 29.0 Å². The smallest absolute Gasteiger partial charge is 0.356 e. The summed E-state index contributed by atoms with van der Waals surface area (Å²) in [5.41, 5.74) is -0.911. The highest BCUT2D eigenvalue weighted by molar-refractivity contribution is 6.30. The van der Waals surface area contributed by atoms with Crippen LogP contribution < -0.4 is 0 Å². The van der Waals surface area contributed by atoms with E-state index in [1.807, 2.05) is 0 Å². The molecule has 2 heterocycles. The van der Waals surface area contributed by atoms with Crippen LogP contribution in [0.15, 0.2) is 44.8 Å². The van der Waals surface area contributed by atoms with Gasteiger partial charge in [-0.25, -0.2) is 4.98 Å². The average molecular weight is 539 g/mol. The molecule has 0 N–H and O–H groups in total. The van der Waals surface area contributed by atoms with Gasteiger partial charge in [0.1, 0.15) is 11.5 Å². The Kier molecular flexibility index (Phi) is 9.46. The lowest BCUT2D eigenvalue weighted by atomic mass is 10.1. The van der Waals surface area contributed by atoms with Gasteiger partial charge in [-0.3, -0.25) is 4.68 Å². The number of aryl methyl sites for hydroxylation is 2. The number of halogens is 7. The summed E-state index contributed by atoms with van der Waals surface area (Å²) in [4.78, 5) is 5.88. The molecule has 2 aromatic rings. The zero-order valence-electron chi connectivity index (χ0n) is 20.2. The van der Waals surface area contributed by atoms with E-state index in [2.05, 4.69) is 25.5 Å². The number of nitrogens with zero attached hydrogens (tertiary/aromatic N) is 8. The number of hydrogen-bond donors (Lipinski definition) is 0. The molecule has 0 bridgehead atoms. The molecule has 0 saturated carbocycles. The van der Waals surface area contributed by atoms with Crippen LogP contribution in [0.4, 0.5) is 26.3 Å². The highest BCUT2D eigenvalue weighted by Crippen LogP contribution is 2.32. The first-order valence-corrected chi connectivity index (χ1v) is 10.8. The first-order valence-electron chi connectivity index (χ1n) is 10.5. The maximum atomic E-state index is 13.3. The van der Waals surface area contributed by atoms with E-state index >= 15 is 0 Å². The average Bonchev–Trinajstić information content (AvgIpc) is 3.02. The Morgan fingerprint density at radius 3 is 2.44 bits per heavy atom. The molecule has 0 amide bonds. The molecule has 0 aliphatic heterocycles. The minimum atomic E-state index is -4.96. The molecule has 15 heteroatoms. The first-order chi connectivity index (χ1) is 16.6. The summed E-state index contributed by atoms with van der Waals surface area (Å²) in [6.07, 6.45) is -7.94. The van der Waals surface area contributed by atoms with Crippen LogP contribution in [-0.2, 0) is 13.6 Å². The Hall–Kier alpha value is -3.16. The second-order valence-corrected chi connectivity index (χ2v) is 8.13. The van der Waals surface area contributed by atoms with E-state index in [0.717, 1.165) is 10.5 Å². The lowest BCUT2D eigenvalue weighted by molar-refractivity contribution is -0.0954. The monoisotopic (exact) mass is 538 g/mol. The van der Waals surface area contributed by atoms with Crippen LogP contribution in [0, 0.1) is 6.92 Å². The fraction of sp³-hybridized carbons (Fsp3) is 0.476. The molecular weight excluding hydrogens is 514 g/mol. The standard InChI is InChI=1S/C21H25ClF6N8/c1-13(20(23,24)25)9-16(21(26,27)28)7-6-8-36(12-30-35(5)33-29-3)11-15-10-17-14(2)32-34(4)19(17)31-18(15)22/h7,9-10,12H,6,8,11H2,1-5H3/b13-9+,16-7+,30-12+,33-29?. The Morgan fingerprint density at radius 2 is 1.86 bits per heavy atom. The van der Waals surface area contributed by atoms with Gasteiger partial charge >= 0.3 is 12.4 Å². The van der Waals surface area contributed by atoms with Crippen molar-refractivity contribution in [3.05, 3.63) is 45.8 Å². The van der Waals surface area contributed by atoms with E-state index in [1.54, 1.807) is 24.7 Å². The van der Waals surface area contributed by atoms with E-state index in [-0.39, 0.29) is 30.7 Å². The molecule has 0 atom stereocenters. The molecule has 0 fully saturated rings. The molecule has 0 radical (unpaired) electrons. The summed E-state index contributed by atoms with van der Waals surface area (Å²) in [5, 5.41) is 17.6. The fourth-order valence-electron chi connectivity index (χ4n) is 3.13. The molecule has 0 aliphatic carbocycles. The van der Waals surface area contributed by atoms with E-state index in [1.165, 1.54) is 25.3 Å². The van der Waals surface area contributed by atoms with Gasteiger partial charge in [0.05, 0.1) is 25.4 Å². The fourth-order valence-corrected chi connectivity index (χ4v) is 3.32. The number of fused-ring (bicyclic) bond motifs is 1. The van der Waals surface area contributed by atoms with Gasteiger partial charge in [0.2, 0.25) is 0 Å². The minimum absolute atomic E-state index is 0.0283. The lowest BCUT2D eigenvalue weighted by Crippen LogP contribution is -2.24. The van der Waals surface area contributed by atoms with Crippen molar-refractivity contribution in [3.8, 4) is 0 Å². The number of pyridine rings is 1. The molecule has 2 aromatic heterocycles. The van der Waals surface area contributed by atoms with Gasteiger partial charge in [-0.05, 0) is 32.4 Å². The summed E-state index contributed by atoms with van der Waals surface area (Å²) >= 11 is 6.34. The number of rotatable bonds is 9. The van der Waals surface area contributed by atoms with E-state index < -0.39 is 23.5 Å². The van der Waals surface area contributed by atoms with Crippen molar-refractivity contribution in [1.82, 2.24) is 24.8 Å². The quantitative estimate of drug-likeness (QED) is 0.0747. The molecule has 2 rings (SSSR count). The number of allylic oxidation sites excluding steroid dienone is 3. The van der Waals surface area contributed by atoms with Crippen LogP contribution in [0.5, 0.6) is 0 Å². The summed E-state index contributed by atoms with van der Waals surface area (Å²) < 4.78 is 79.9. The SMILES string of the molecule is CN=NN(C)/N=C/N(CC/C=C(\C=C(/C)C(F)(F)F)C(F)(F)F)Cc1cc2c(C)nn(C)c2nc1Cl. The van der Waals surface area contributed by atoms with Gasteiger partial charge in [-0.1, -0.05) is 22.9 Å². The van der Waals surface area contributed by atoms with Crippen molar-refractivity contribution in [1.29, 1.82) is 0 Å². The third-order valence-corrected chi connectivity index (χ3v) is 5.25. The molecule has 0 spiro atoms. The van der Waals surface area contributed by atoms with E-state index in [0.29, 0.717) is 29.9 Å². The molecule has 0 aromatic carbocycles. The third-order valence-electron chi connectivity index (χ3n) is 4.93. The zero-order chi connectivity index (χ0) is 27.3. The maximum absolute atomic E-state index is 13.3. The Balaban J connectivity index is 2.35. The molecule has 8 nitrogen and oxygen atoms in total. The van der Waals surface area contributed by atoms with Crippen molar-refractivity contribution < 1.29 is 26.3 Å². The second-order valence-electron chi connectivity index (χ2n) is 7.77. The lowest BCUT2D eigenvalue weighted by Gasteiger charge is -2.20. The summed E-state index contributed by atoms with van der Waals surface area (Å²) in [5.74, 6) is 0. The zero-order valence-corrected chi connectivity index (χ0v) is 20.9. The molecule has 198 valence electrons. The van der Waals surface area contributed by atoms with Gasteiger partial charge in [0, 0.05) is 36.7 Å². The number of hydrazone groups is 1. The molecule has 0 unspecified atom stereocenters. The minimum Gasteiger partial charge on any atom is -0.356 e. The molecular formula is C21H25ClF6N8. The molecule has 0 saturated heterocycles. The van der Waals surface area contributed by atoms with Gasteiger partial charge in [-0.15, -0.1) is 5.10 Å². The topological polar surface area (TPSA) is 74.3 Å². The number of alkyl halides is 6. The Bertz CT molecular complexity index is 1180. The van der Waals surface area contributed by atoms with Crippen LogP contribution in [0.1, 0.15) is 24.6 Å². The Morgan fingerprint density at radius 1 is 1.19 bits per heavy atom. The van der Waals surface area contributed by atoms with Crippen LogP contribution in [0.25, 0.3) is 11.0 Å². The molecule has 0 aliphatic rings. The van der Waals surface area contributed by atoms with Crippen molar-refractivity contribution in [2.24, 2.45) is 22.5 Å². The highest BCUT2D eigenvalue weighted by atomic mass is 35.5. The van der Waals surface area contributed by atoms with Crippen LogP contribution in [-0.4, -0.2) is 64.1 Å². The predicted molar refractivity (Wildman–Crippen MR) is 124 cm³/mol. The van der Waals surface area contributed by atoms with Crippen LogP contribution in [0.2, 0.25) is 5.15 Å². The first kappa shape index (κ1) is 29.1. The van der Waals surface area contributed by atoms with Gasteiger partial charge in [-0.2, -0.15) is 41.7 Å². The normalized spacial score (nSPS) is 14.0. The number of aromatic nitrogens is 3. The van der Waals surface area contributed by atoms with Gasteiger partial charge in [0.25, 0.3) is 0 Å². The van der Waals surface area contributed by atoms with E-state index in [4.69, 9.17) is 11.6 Å². The van der Waals surface area contributed by atoms with Gasteiger partial charge < -0.3 is 4.90 Å². The molecule has 36 heavy (non-hydrogen) atoms. The summed E-state index contributed by atoms with van der Waals surface area (Å²) in [6, 6.07) is 1.77. The van der Waals surface area contributed by atoms with Crippen molar-refractivity contribution in [2.45, 2.75) is 39.2 Å². The Labute approximate surface area is 208 Å². The predicted octanol–water partition coefficient (Wildman–Crippen LogP) is 5.99. The summed E-state index contributed by atoms with van der Waals surface area (Å²) in [6.45, 7) is 2.45. The maximum Gasteiger partial charge on any atom is 0.416 e. The van der Waals surface area contributed by atoms with E-state index in [9.17, 15) is 26.3 Å². The van der Waals surface area contributed by atoms with Crippen LogP contribution in [0.3, 0.4) is 0 Å². The third kappa shape index (κ3) is 7.93. The second kappa shape index (κ2) is 11.7. The van der Waals surface area contributed by atoms with Crippen molar-refractivity contribution in [3.63, 3.8) is 0 Å². The summed E-state index contributed by atoms with van der Waals surface area (Å²) in [7, 11) is 4.64. The highest BCUT2D eigenvalue weighted by Gasteiger charge is 2.36. The largest absolute Gasteiger partial charge is 0.416 e. The number of hydrogen-bond acceptors (Lipinski definition) is 5. The van der Waals surface area contributed by atoms with Crippen LogP contribution >= 0.6 is 11.6 Å². The van der Waals surface area contributed by atoms with Gasteiger partial charge in [0.15, 0.2) is 5.65 Å². The van der Waals surface area contributed by atoms with Crippen molar-refractivity contribution in [2.75, 3.05) is 20.6 Å².